The monoisotopic (exact) mass is 777 g/mol. The van der Waals surface area contributed by atoms with Crippen molar-refractivity contribution in [3.63, 3.8) is 0 Å². The Bertz CT molecular complexity index is 2810. The lowest BCUT2D eigenvalue weighted by Crippen LogP contribution is -2.46. The van der Waals surface area contributed by atoms with E-state index in [1.807, 2.05) is 0 Å². The molecule has 0 N–H and O–H groups in total. The van der Waals surface area contributed by atoms with Gasteiger partial charge in [-0.1, -0.05) is 170 Å². The van der Waals surface area contributed by atoms with Crippen LogP contribution in [-0.2, 0) is 0 Å². The normalized spacial score (nSPS) is 19.5. The molecular formula is C58H51NO. The van der Waals surface area contributed by atoms with Gasteiger partial charge in [-0.05, 0) is 125 Å². The SMILES string of the molecule is c1ccc(-c2oc3c4cc(-c5ccc(N(C6CCC(c7ccccc7)CC6)C6CCC(c7ccccc7)CC6)cc5)ccc4c4ccccc4c3c2-c2ccccc2)cc1. The van der Waals surface area contributed by atoms with Gasteiger partial charge in [-0.15, -0.1) is 0 Å². The van der Waals surface area contributed by atoms with Crippen LogP contribution in [0.1, 0.15) is 74.3 Å². The molecule has 2 saturated carbocycles. The first-order valence-electron chi connectivity index (χ1n) is 22.3. The first-order chi connectivity index (χ1) is 29.8. The van der Waals surface area contributed by atoms with Crippen molar-refractivity contribution in [1.29, 1.82) is 0 Å². The molecule has 2 fully saturated rings. The molecule has 0 saturated heterocycles. The lowest BCUT2D eigenvalue weighted by Gasteiger charge is -2.45. The number of fused-ring (bicyclic) bond motifs is 6. The van der Waals surface area contributed by atoms with Gasteiger partial charge in [0.15, 0.2) is 0 Å². The fraction of sp³-hybridized carbons (Fsp3) is 0.207. The summed E-state index contributed by atoms with van der Waals surface area (Å²) in [5.41, 5.74) is 11.2. The quantitative estimate of drug-likeness (QED) is 0.143. The summed E-state index contributed by atoms with van der Waals surface area (Å²) in [5.74, 6) is 2.25. The zero-order valence-electron chi connectivity index (χ0n) is 34.2. The lowest BCUT2D eigenvalue weighted by atomic mass is 9.78. The van der Waals surface area contributed by atoms with Crippen molar-refractivity contribution in [3.05, 3.63) is 199 Å². The summed E-state index contributed by atoms with van der Waals surface area (Å²) >= 11 is 0. The Kier molecular flexibility index (Phi) is 9.78. The zero-order chi connectivity index (χ0) is 39.8. The van der Waals surface area contributed by atoms with E-state index in [0.717, 1.165) is 33.4 Å². The van der Waals surface area contributed by atoms with Gasteiger partial charge in [0, 0.05) is 39.7 Å². The van der Waals surface area contributed by atoms with Crippen LogP contribution < -0.4 is 4.90 Å². The van der Waals surface area contributed by atoms with E-state index in [2.05, 4.69) is 193 Å². The first kappa shape index (κ1) is 36.7. The molecule has 1 heterocycles. The molecule has 11 rings (SSSR count). The Labute approximate surface area is 354 Å². The van der Waals surface area contributed by atoms with E-state index in [1.165, 1.54) is 101 Å². The molecule has 2 aliphatic carbocycles. The second-order valence-electron chi connectivity index (χ2n) is 17.3. The molecule has 2 heteroatoms. The second-order valence-corrected chi connectivity index (χ2v) is 17.3. The number of anilines is 1. The predicted molar refractivity (Wildman–Crippen MR) is 253 cm³/mol. The second kappa shape index (κ2) is 16.0. The molecule has 0 unspecified atom stereocenters. The number of hydrogen-bond acceptors (Lipinski definition) is 2. The van der Waals surface area contributed by atoms with Crippen LogP contribution in [0.2, 0.25) is 0 Å². The van der Waals surface area contributed by atoms with Crippen LogP contribution in [0.15, 0.2) is 192 Å². The summed E-state index contributed by atoms with van der Waals surface area (Å²) in [6, 6.07) is 70.4. The van der Waals surface area contributed by atoms with E-state index in [9.17, 15) is 0 Å². The van der Waals surface area contributed by atoms with E-state index in [4.69, 9.17) is 4.42 Å². The van der Waals surface area contributed by atoms with Crippen molar-refractivity contribution in [3.8, 4) is 33.6 Å². The Morgan fingerprint density at radius 2 is 0.833 bits per heavy atom. The highest BCUT2D eigenvalue weighted by Crippen LogP contribution is 2.48. The van der Waals surface area contributed by atoms with Gasteiger partial charge in [0.05, 0.1) is 0 Å². The van der Waals surface area contributed by atoms with E-state index in [0.29, 0.717) is 23.9 Å². The minimum atomic E-state index is 0.563. The maximum absolute atomic E-state index is 7.10. The predicted octanol–water partition coefficient (Wildman–Crippen LogP) is 16.0. The molecule has 2 aliphatic rings. The van der Waals surface area contributed by atoms with Gasteiger partial charge in [0.2, 0.25) is 0 Å². The standard InChI is InChI=1S/C58H51NO/c1-5-15-40(16-6-1)42-25-32-48(33-26-42)59(49-34-27-43(28-35-49)41-17-7-2-8-18-41)50-36-29-44(30-37-50)47-31-38-52-51-23-13-14-24-53(51)56-55(45-19-9-3-10-20-45)57(46-21-11-4-12-22-46)60-58(56)54(52)39-47/h1-24,29-31,36-39,42-43,48-49H,25-28,32-35H2. The Balaban J connectivity index is 0.968. The zero-order valence-corrected chi connectivity index (χ0v) is 34.2. The molecule has 8 aromatic carbocycles. The molecule has 2 nitrogen and oxygen atoms in total. The molecule has 60 heavy (non-hydrogen) atoms. The number of benzene rings is 8. The molecule has 294 valence electrons. The lowest BCUT2D eigenvalue weighted by molar-refractivity contribution is 0.310. The van der Waals surface area contributed by atoms with Crippen molar-refractivity contribution in [2.45, 2.75) is 75.3 Å². The average molecular weight is 778 g/mol. The fourth-order valence-electron chi connectivity index (χ4n) is 11.0. The highest BCUT2D eigenvalue weighted by molar-refractivity contribution is 6.28. The smallest absolute Gasteiger partial charge is 0.143 e. The van der Waals surface area contributed by atoms with Crippen molar-refractivity contribution in [2.24, 2.45) is 0 Å². The summed E-state index contributed by atoms with van der Waals surface area (Å²) in [4.78, 5) is 2.88. The minimum absolute atomic E-state index is 0.563. The third kappa shape index (κ3) is 6.79. The Morgan fingerprint density at radius 1 is 0.367 bits per heavy atom. The highest BCUT2D eigenvalue weighted by Gasteiger charge is 2.34. The number of rotatable bonds is 8. The molecule has 0 radical (unpaired) electrons. The Hall–Kier alpha value is -6.38. The van der Waals surface area contributed by atoms with Crippen molar-refractivity contribution in [1.82, 2.24) is 0 Å². The van der Waals surface area contributed by atoms with Gasteiger partial charge in [-0.25, -0.2) is 0 Å². The van der Waals surface area contributed by atoms with E-state index < -0.39 is 0 Å². The van der Waals surface area contributed by atoms with Crippen LogP contribution in [0.25, 0.3) is 66.1 Å². The summed E-state index contributed by atoms with van der Waals surface area (Å²) in [6.07, 6.45) is 10.0. The largest absolute Gasteiger partial charge is 0.455 e. The highest BCUT2D eigenvalue weighted by atomic mass is 16.3. The van der Waals surface area contributed by atoms with Gasteiger partial charge >= 0.3 is 0 Å². The van der Waals surface area contributed by atoms with Crippen LogP contribution in [0.3, 0.4) is 0 Å². The van der Waals surface area contributed by atoms with Gasteiger partial charge in [0.1, 0.15) is 11.3 Å². The van der Waals surface area contributed by atoms with Gasteiger partial charge in [-0.3, -0.25) is 0 Å². The maximum Gasteiger partial charge on any atom is 0.143 e. The number of furan rings is 1. The first-order valence-corrected chi connectivity index (χ1v) is 22.3. The molecule has 0 spiro atoms. The van der Waals surface area contributed by atoms with Crippen LogP contribution in [0, 0.1) is 0 Å². The van der Waals surface area contributed by atoms with Crippen LogP contribution in [-0.4, -0.2) is 12.1 Å². The molecule has 9 aromatic rings. The Morgan fingerprint density at radius 3 is 1.40 bits per heavy atom. The molecule has 0 aliphatic heterocycles. The number of hydrogen-bond donors (Lipinski definition) is 0. The van der Waals surface area contributed by atoms with Crippen LogP contribution in [0.5, 0.6) is 0 Å². The van der Waals surface area contributed by atoms with Crippen molar-refractivity contribution < 1.29 is 4.42 Å². The third-order valence-corrected chi connectivity index (χ3v) is 14.0. The third-order valence-electron chi connectivity index (χ3n) is 14.0. The van der Waals surface area contributed by atoms with Crippen LogP contribution >= 0.6 is 0 Å². The fourth-order valence-corrected chi connectivity index (χ4v) is 11.0. The van der Waals surface area contributed by atoms with Crippen LogP contribution in [0.4, 0.5) is 5.69 Å². The molecule has 0 amide bonds. The van der Waals surface area contributed by atoms with E-state index >= 15 is 0 Å². The van der Waals surface area contributed by atoms with Crippen molar-refractivity contribution in [2.75, 3.05) is 4.90 Å². The average Bonchev–Trinajstić information content (AvgIpc) is 3.75. The minimum Gasteiger partial charge on any atom is -0.455 e. The summed E-state index contributed by atoms with van der Waals surface area (Å²) in [7, 11) is 0. The van der Waals surface area contributed by atoms with Gasteiger partial charge in [0.25, 0.3) is 0 Å². The molecule has 0 bridgehead atoms. The summed E-state index contributed by atoms with van der Waals surface area (Å²) < 4.78 is 7.10. The molecule has 0 atom stereocenters. The maximum atomic E-state index is 7.10. The van der Waals surface area contributed by atoms with E-state index in [-0.39, 0.29) is 0 Å². The number of nitrogens with zero attached hydrogens (tertiary/aromatic N) is 1. The van der Waals surface area contributed by atoms with Gasteiger partial charge in [-0.2, -0.15) is 0 Å². The van der Waals surface area contributed by atoms with Gasteiger partial charge < -0.3 is 9.32 Å². The summed E-state index contributed by atoms with van der Waals surface area (Å²) in [6.45, 7) is 0. The molecular weight excluding hydrogens is 727 g/mol. The van der Waals surface area contributed by atoms with E-state index in [1.54, 1.807) is 0 Å². The van der Waals surface area contributed by atoms with Crippen molar-refractivity contribution >= 4 is 38.2 Å². The summed E-state index contributed by atoms with van der Waals surface area (Å²) in [5, 5.41) is 6.01. The molecule has 1 aromatic heterocycles. The topological polar surface area (TPSA) is 16.4 Å².